The Morgan fingerprint density at radius 2 is 1.88 bits per heavy atom. The molecule has 5 N–H and O–H groups in total. The number of amides is 1. The minimum absolute atomic E-state index is 0.00696. The fraction of sp³-hybridized carbons (Fsp3) is 0.611. The molecule has 1 saturated heterocycles. The molecule has 2 rings (SSSR count). The molecule has 0 saturated carbocycles. The van der Waals surface area contributed by atoms with Crippen molar-refractivity contribution in [2.75, 3.05) is 20.3 Å². The highest BCUT2D eigenvalue weighted by atomic mass is 16.5. The molecule has 0 spiro atoms. The van der Waals surface area contributed by atoms with Crippen molar-refractivity contribution in [2.24, 2.45) is 0 Å². The van der Waals surface area contributed by atoms with Gasteiger partial charge in [0.05, 0.1) is 25.4 Å². The summed E-state index contributed by atoms with van der Waals surface area (Å²) in [6.45, 7) is 1.69. The van der Waals surface area contributed by atoms with Gasteiger partial charge in [-0.25, -0.2) is 0 Å². The molecule has 7 nitrogen and oxygen atoms in total. The summed E-state index contributed by atoms with van der Waals surface area (Å²) in [6, 6.07) is 6.90. The summed E-state index contributed by atoms with van der Waals surface area (Å²) in [6.07, 6.45) is -0.553. The highest BCUT2D eigenvalue weighted by Crippen LogP contribution is 2.26. The van der Waals surface area contributed by atoms with Crippen LogP contribution in [0.5, 0.6) is 5.75 Å². The maximum atomic E-state index is 11.0. The van der Waals surface area contributed by atoms with Crippen LogP contribution in [0, 0.1) is 0 Å². The zero-order valence-electron chi connectivity index (χ0n) is 14.7. The number of carbonyl (C=O) groups excluding carboxylic acids is 1. The first-order valence-electron chi connectivity index (χ1n) is 8.57. The molecule has 1 unspecified atom stereocenters. The van der Waals surface area contributed by atoms with Crippen LogP contribution in [-0.4, -0.2) is 65.8 Å². The predicted octanol–water partition coefficient (Wildman–Crippen LogP) is -0.250. The predicted molar refractivity (Wildman–Crippen MR) is 93.5 cm³/mol. The highest BCUT2D eigenvalue weighted by molar-refractivity contribution is 5.72. The minimum atomic E-state index is -0.926. The normalized spacial score (nSPS) is 27.1. The Kier molecular flexibility index (Phi) is 7.19. The Labute approximate surface area is 148 Å². The first-order valence-corrected chi connectivity index (χ1v) is 8.57. The van der Waals surface area contributed by atoms with Crippen molar-refractivity contribution in [2.45, 2.75) is 50.0 Å². The van der Waals surface area contributed by atoms with Gasteiger partial charge in [-0.05, 0) is 30.5 Å². The van der Waals surface area contributed by atoms with Crippen LogP contribution in [0.4, 0.5) is 0 Å². The molecule has 0 aliphatic carbocycles. The second kappa shape index (κ2) is 9.15. The second-order valence-electron chi connectivity index (χ2n) is 6.53. The SMILES string of the molecule is COc1ccc(C(CO)CC[C@H]2N[C@H](CNC(C)=O)[C@@H](O)[C@@H]2O)cc1. The number of aliphatic hydroxyl groups excluding tert-OH is 3. The molecule has 1 amide bonds. The molecule has 140 valence electrons. The van der Waals surface area contributed by atoms with Gasteiger partial charge in [0.2, 0.25) is 5.91 Å². The number of nitrogens with one attached hydrogen (secondary N) is 2. The van der Waals surface area contributed by atoms with E-state index in [4.69, 9.17) is 4.74 Å². The van der Waals surface area contributed by atoms with Crippen molar-refractivity contribution in [3.8, 4) is 5.75 Å². The van der Waals surface area contributed by atoms with Crippen LogP contribution in [0.25, 0.3) is 0 Å². The van der Waals surface area contributed by atoms with E-state index in [-0.39, 0.29) is 37.1 Å². The topological polar surface area (TPSA) is 111 Å². The van der Waals surface area contributed by atoms with Gasteiger partial charge in [0.1, 0.15) is 5.75 Å². The van der Waals surface area contributed by atoms with Crippen molar-refractivity contribution >= 4 is 5.91 Å². The van der Waals surface area contributed by atoms with Crippen molar-refractivity contribution in [1.29, 1.82) is 0 Å². The van der Waals surface area contributed by atoms with Gasteiger partial charge in [-0.1, -0.05) is 12.1 Å². The van der Waals surface area contributed by atoms with E-state index < -0.39 is 12.2 Å². The molecule has 7 heteroatoms. The fourth-order valence-corrected chi connectivity index (χ4v) is 3.26. The van der Waals surface area contributed by atoms with Crippen LogP contribution in [0.1, 0.15) is 31.2 Å². The Morgan fingerprint density at radius 1 is 1.24 bits per heavy atom. The molecule has 0 bridgehead atoms. The van der Waals surface area contributed by atoms with Gasteiger partial charge in [0.15, 0.2) is 0 Å². The van der Waals surface area contributed by atoms with Crippen LogP contribution >= 0.6 is 0 Å². The number of ether oxygens (including phenoxy) is 1. The Morgan fingerprint density at radius 3 is 2.44 bits per heavy atom. The molecular weight excluding hydrogens is 324 g/mol. The van der Waals surface area contributed by atoms with E-state index in [1.807, 2.05) is 24.3 Å². The standard InChI is InChI=1S/C18H28N2O5/c1-11(22)19-9-16-18(24)17(23)15(20-16)8-5-13(10-21)12-3-6-14(25-2)7-4-12/h3-4,6-7,13,15-18,20-21,23-24H,5,8-10H2,1-2H3,(H,19,22)/t13?,15-,16-,17-,18-/m1/s1. The molecule has 1 aliphatic heterocycles. The van der Waals surface area contributed by atoms with E-state index in [1.54, 1.807) is 7.11 Å². The molecule has 25 heavy (non-hydrogen) atoms. The van der Waals surface area contributed by atoms with Crippen LogP contribution in [0.3, 0.4) is 0 Å². The van der Waals surface area contributed by atoms with Crippen molar-refractivity contribution in [3.63, 3.8) is 0 Å². The lowest BCUT2D eigenvalue weighted by atomic mass is 9.92. The summed E-state index contributed by atoms with van der Waals surface area (Å²) < 4.78 is 5.14. The van der Waals surface area contributed by atoms with Gasteiger partial charge in [-0.2, -0.15) is 0 Å². The van der Waals surface area contributed by atoms with Crippen molar-refractivity contribution < 1.29 is 24.9 Å². The number of carbonyl (C=O) groups is 1. The third kappa shape index (κ3) is 5.15. The van der Waals surface area contributed by atoms with Crippen LogP contribution in [0.15, 0.2) is 24.3 Å². The average molecular weight is 352 g/mol. The summed E-state index contributed by atoms with van der Waals surface area (Å²) >= 11 is 0. The number of methoxy groups -OCH3 is 1. The molecule has 0 aromatic heterocycles. The molecule has 1 aromatic carbocycles. The van der Waals surface area contributed by atoms with Crippen molar-refractivity contribution in [1.82, 2.24) is 10.6 Å². The first-order chi connectivity index (χ1) is 12.0. The van der Waals surface area contributed by atoms with E-state index in [9.17, 15) is 20.1 Å². The molecule has 0 radical (unpaired) electrons. The second-order valence-corrected chi connectivity index (χ2v) is 6.53. The number of aliphatic hydroxyl groups is 3. The Bertz CT molecular complexity index is 551. The third-order valence-corrected chi connectivity index (χ3v) is 4.81. The first kappa shape index (κ1) is 19.7. The van der Waals surface area contributed by atoms with Crippen LogP contribution in [-0.2, 0) is 4.79 Å². The lowest BCUT2D eigenvalue weighted by Crippen LogP contribution is -2.43. The molecule has 5 atom stereocenters. The Balaban J connectivity index is 1.90. The van der Waals surface area contributed by atoms with Gasteiger partial charge >= 0.3 is 0 Å². The average Bonchev–Trinajstić information content (AvgIpc) is 2.89. The maximum absolute atomic E-state index is 11.0. The van der Waals surface area contributed by atoms with Crippen LogP contribution in [0.2, 0.25) is 0 Å². The molecular formula is C18H28N2O5. The van der Waals surface area contributed by atoms with Crippen molar-refractivity contribution in [3.05, 3.63) is 29.8 Å². The number of benzene rings is 1. The maximum Gasteiger partial charge on any atom is 0.216 e. The lowest BCUT2D eigenvalue weighted by Gasteiger charge is -2.20. The number of hydrogen-bond donors (Lipinski definition) is 5. The highest BCUT2D eigenvalue weighted by Gasteiger charge is 2.40. The summed E-state index contributed by atoms with van der Waals surface area (Å²) in [5, 5.41) is 35.8. The van der Waals surface area contributed by atoms with E-state index in [2.05, 4.69) is 10.6 Å². The zero-order chi connectivity index (χ0) is 18.4. The quantitative estimate of drug-likeness (QED) is 0.441. The summed E-state index contributed by atoms with van der Waals surface area (Å²) in [5.74, 6) is 0.537. The fourth-order valence-electron chi connectivity index (χ4n) is 3.26. The lowest BCUT2D eigenvalue weighted by molar-refractivity contribution is -0.119. The minimum Gasteiger partial charge on any atom is -0.497 e. The Hall–Kier alpha value is -1.67. The number of rotatable bonds is 8. The molecule has 1 aliphatic rings. The van der Waals surface area contributed by atoms with Crippen LogP contribution < -0.4 is 15.4 Å². The summed E-state index contributed by atoms with van der Waals surface area (Å²) in [5.41, 5.74) is 1.01. The van der Waals surface area contributed by atoms with E-state index in [0.29, 0.717) is 12.8 Å². The molecule has 1 fully saturated rings. The van der Waals surface area contributed by atoms with E-state index in [1.165, 1.54) is 6.92 Å². The third-order valence-electron chi connectivity index (χ3n) is 4.81. The monoisotopic (exact) mass is 352 g/mol. The summed E-state index contributed by atoms with van der Waals surface area (Å²) in [4.78, 5) is 11.0. The van der Waals surface area contributed by atoms with E-state index in [0.717, 1.165) is 11.3 Å². The van der Waals surface area contributed by atoms with Gasteiger partial charge in [-0.3, -0.25) is 4.79 Å². The number of hydrogen-bond acceptors (Lipinski definition) is 6. The summed E-state index contributed by atoms with van der Waals surface area (Å²) in [7, 11) is 1.61. The van der Waals surface area contributed by atoms with Gasteiger partial charge in [-0.15, -0.1) is 0 Å². The van der Waals surface area contributed by atoms with E-state index >= 15 is 0 Å². The smallest absolute Gasteiger partial charge is 0.216 e. The van der Waals surface area contributed by atoms with Gasteiger partial charge in [0.25, 0.3) is 0 Å². The van der Waals surface area contributed by atoms with Gasteiger partial charge in [0, 0.05) is 32.0 Å². The molecule has 1 aromatic rings. The largest absolute Gasteiger partial charge is 0.497 e. The van der Waals surface area contributed by atoms with Gasteiger partial charge < -0.3 is 30.7 Å². The molecule has 1 heterocycles. The zero-order valence-corrected chi connectivity index (χ0v) is 14.7.